The highest BCUT2D eigenvalue weighted by Gasteiger charge is 2.39. The average molecular weight is 439 g/mol. The summed E-state index contributed by atoms with van der Waals surface area (Å²) < 4.78 is 15.6. The van der Waals surface area contributed by atoms with Crippen molar-refractivity contribution in [1.82, 2.24) is 5.32 Å². The molecule has 0 saturated carbocycles. The normalized spacial score (nSPS) is 14.3. The number of allylic oxidation sites excluding steroid dienone is 2. The van der Waals surface area contributed by atoms with Crippen molar-refractivity contribution in [3.05, 3.63) is 56.4 Å². The maximum Gasteiger partial charge on any atom is 0.336 e. The summed E-state index contributed by atoms with van der Waals surface area (Å²) in [6.45, 7) is 3.57. The van der Waals surface area contributed by atoms with Gasteiger partial charge < -0.3 is 19.5 Å². The number of benzene rings is 1. The molecule has 0 bridgehead atoms. The maximum atomic E-state index is 12.6. The molecule has 0 spiro atoms. The fourth-order valence-corrected chi connectivity index (χ4v) is 3.42. The SMILES string of the molecule is COC(=O)C1=C(C)NC(C)=C(C(=O)OC)C1c1cc([N+](=O)[O-])ccc1OCCCCl. The first-order chi connectivity index (χ1) is 14.3. The van der Waals surface area contributed by atoms with Gasteiger partial charge in [-0.25, -0.2) is 9.59 Å². The van der Waals surface area contributed by atoms with Crippen molar-refractivity contribution in [3.63, 3.8) is 0 Å². The molecule has 0 radical (unpaired) electrons. The van der Waals surface area contributed by atoms with Crippen molar-refractivity contribution in [2.75, 3.05) is 26.7 Å². The van der Waals surface area contributed by atoms with Crippen LogP contribution in [0.4, 0.5) is 5.69 Å². The molecule has 0 unspecified atom stereocenters. The zero-order valence-corrected chi connectivity index (χ0v) is 17.9. The van der Waals surface area contributed by atoms with Crippen molar-refractivity contribution in [2.45, 2.75) is 26.2 Å². The number of nitro benzene ring substituents is 1. The van der Waals surface area contributed by atoms with Gasteiger partial charge in [0, 0.05) is 35.0 Å². The predicted octanol–water partition coefficient (Wildman–Crippen LogP) is 3.18. The number of esters is 2. The minimum atomic E-state index is -0.989. The molecule has 0 fully saturated rings. The van der Waals surface area contributed by atoms with Gasteiger partial charge in [0.2, 0.25) is 0 Å². The Labute approximate surface area is 178 Å². The van der Waals surface area contributed by atoms with Crippen LogP contribution in [0, 0.1) is 10.1 Å². The van der Waals surface area contributed by atoms with Gasteiger partial charge in [-0.15, -0.1) is 11.6 Å². The third kappa shape index (κ3) is 4.73. The third-order valence-electron chi connectivity index (χ3n) is 4.62. The summed E-state index contributed by atoms with van der Waals surface area (Å²) in [6.07, 6.45) is 0.543. The summed E-state index contributed by atoms with van der Waals surface area (Å²) in [5, 5.41) is 14.4. The van der Waals surface area contributed by atoms with Gasteiger partial charge in [-0.3, -0.25) is 10.1 Å². The van der Waals surface area contributed by atoms with Crippen molar-refractivity contribution in [3.8, 4) is 5.75 Å². The second-order valence-electron chi connectivity index (χ2n) is 6.49. The molecule has 0 aromatic heterocycles. The number of methoxy groups -OCH3 is 2. The van der Waals surface area contributed by atoms with Gasteiger partial charge in [0.1, 0.15) is 5.75 Å². The molecule has 30 heavy (non-hydrogen) atoms. The molecule has 1 aliphatic rings. The van der Waals surface area contributed by atoms with Crippen LogP contribution in [0.3, 0.4) is 0 Å². The number of carbonyl (C=O) groups excluding carboxylic acids is 2. The first-order valence-corrected chi connectivity index (χ1v) is 9.62. The molecule has 0 atom stereocenters. The lowest BCUT2D eigenvalue weighted by molar-refractivity contribution is -0.384. The van der Waals surface area contributed by atoms with Crippen LogP contribution in [0.2, 0.25) is 0 Å². The number of nitrogens with one attached hydrogen (secondary N) is 1. The third-order valence-corrected chi connectivity index (χ3v) is 4.89. The molecule has 162 valence electrons. The highest BCUT2D eigenvalue weighted by molar-refractivity contribution is 6.17. The van der Waals surface area contributed by atoms with Gasteiger partial charge >= 0.3 is 11.9 Å². The second-order valence-corrected chi connectivity index (χ2v) is 6.87. The molecule has 1 aliphatic heterocycles. The Morgan fingerprint density at radius 3 is 2.17 bits per heavy atom. The number of dihydropyridines is 1. The van der Waals surface area contributed by atoms with E-state index in [2.05, 4.69) is 5.32 Å². The minimum Gasteiger partial charge on any atom is -0.493 e. The summed E-state index contributed by atoms with van der Waals surface area (Å²) in [7, 11) is 2.43. The van der Waals surface area contributed by atoms with Gasteiger partial charge in [-0.2, -0.15) is 0 Å². The minimum absolute atomic E-state index is 0.131. The Balaban J connectivity index is 2.78. The van der Waals surface area contributed by atoms with E-state index in [0.717, 1.165) is 0 Å². The molecule has 2 rings (SSSR count). The number of hydrogen-bond acceptors (Lipinski definition) is 8. The molecule has 1 heterocycles. The summed E-state index contributed by atoms with van der Waals surface area (Å²) in [4.78, 5) is 36.1. The van der Waals surface area contributed by atoms with Crippen LogP contribution < -0.4 is 10.1 Å². The topological polar surface area (TPSA) is 117 Å². The first kappa shape index (κ1) is 23.2. The van der Waals surface area contributed by atoms with E-state index in [9.17, 15) is 19.7 Å². The van der Waals surface area contributed by atoms with E-state index in [1.54, 1.807) is 13.8 Å². The summed E-state index contributed by atoms with van der Waals surface area (Å²) >= 11 is 5.71. The highest BCUT2D eigenvalue weighted by atomic mass is 35.5. The molecule has 1 aromatic carbocycles. The van der Waals surface area contributed by atoms with Gasteiger partial charge in [0.05, 0.1) is 42.8 Å². The van der Waals surface area contributed by atoms with Crippen molar-refractivity contribution < 1.29 is 28.7 Å². The molecule has 9 nitrogen and oxygen atoms in total. The molecule has 10 heteroatoms. The second kappa shape index (κ2) is 10.1. The average Bonchev–Trinajstić information content (AvgIpc) is 2.72. The Morgan fingerprint density at radius 1 is 1.13 bits per heavy atom. The fourth-order valence-electron chi connectivity index (χ4n) is 3.31. The lowest BCUT2D eigenvalue weighted by atomic mass is 9.80. The number of non-ortho nitro benzene ring substituents is 1. The Morgan fingerprint density at radius 2 is 1.70 bits per heavy atom. The number of carbonyl (C=O) groups is 2. The summed E-state index contributed by atoms with van der Waals surface area (Å²) in [5.74, 6) is -1.69. The predicted molar refractivity (Wildman–Crippen MR) is 109 cm³/mol. The number of hydrogen-bond donors (Lipinski definition) is 1. The van der Waals surface area contributed by atoms with Gasteiger partial charge in [-0.05, 0) is 26.3 Å². The molecular weight excluding hydrogens is 416 g/mol. The lowest BCUT2D eigenvalue weighted by Gasteiger charge is -2.30. The monoisotopic (exact) mass is 438 g/mol. The molecule has 0 saturated heterocycles. The van der Waals surface area contributed by atoms with Crippen LogP contribution in [0.5, 0.6) is 5.75 Å². The zero-order chi connectivity index (χ0) is 22.4. The zero-order valence-electron chi connectivity index (χ0n) is 17.1. The van der Waals surface area contributed by atoms with Crippen molar-refractivity contribution in [1.29, 1.82) is 0 Å². The number of rotatable bonds is 8. The van der Waals surface area contributed by atoms with E-state index >= 15 is 0 Å². The van der Waals surface area contributed by atoms with Crippen LogP contribution in [-0.2, 0) is 19.1 Å². The van der Waals surface area contributed by atoms with Crippen molar-refractivity contribution >= 4 is 29.2 Å². The Kier molecular flexibility index (Phi) is 7.82. The van der Waals surface area contributed by atoms with Crippen LogP contribution in [0.15, 0.2) is 40.7 Å². The molecule has 1 aromatic rings. The Bertz CT molecular complexity index is 886. The summed E-state index contributed by atoms with van der Waals surface area (Å²) in [6, 6.07) is 4.03. The largest absolute Gasteiger partial charge is 0.493 e. The van der Waals surface area contributed by atoms with Crippen LogP contribution >= 0.6 is 11.6 Å². The van der Waals surface area contributed by atoms with E-state index in [-0.39, 0.29) is 29.0 Å². The Hall–Kier alpha value is -3.07. The number of nitro groups is 1. The van der Waals surface area contributed by atoms with Crippen LogP contribution in [0.25, 0.3) is 0 Å². The van der Waals surface area contributed by atoms with E-state index in [4.69, 9.17) is 25.8 Å². The molecular formula is C20H23ClN2O7. The van der Waals surface area contributed by atoms with E-state index in [1.165, 1.54) is 32.4 Å². The first-order valence-electron chi connectivity index (χ1n) is 9.09. The van der Waals surface area contributed by atoms with E-state index < -0.39 is 22.8 Å². The van der Waals surface area contributed by atoms with Crippen LogP contribution in [0.1, 0.15) is 31.7 Å². The van der Waals surface area contributed by atoms with Gasteiger partial charge in [0.25, 0.3) is 5.69 Å². The number of alkyl halides is 1. The molecule has 0 aliphatic carbocycles. The van der Waals surface area contributed by atoms with Crippen molar-refractivity contribution in [2.24, 2.45) is 0 Å². The number of ether oxygens (including phenoxy) is 3. The smallest absolute Gasteiger partial charge is 0.336 e. The van der Waals surface area contributed by atoms with Crippen LogP contribution in [-0.4, -0.2) is 43.6 Å². The van der Waals surface area contributed by atoms with Gasteiger partial charge in [-0.1, -0.05) is 0 Å². The number of nitrogens with zero attached hydrogens (tertiary/aromatic N) is 1. The number of halogens is 1. The standard InChI is InChI=1S/C20H23ClN2O7/c1-11-16(19(24)28-3)18(17(12(2)22-11)20(25)29-4)14-10-13(23(26)27)6-7-15(14)30-9-5-8-21/h6-7,10,18,22H,5,8-9H2,1-4H3. The van der Waals surface area contributed by atoms with Gasteiger partial charge in [0.15, 0.2) is 0 Å². The quantitative estimate of drug-likeness (QED) is 0.216. The molecule has 1 N–H and O–H groups in total. The fraction of sp³-hybridized carbons (Fsp3) is 0.400. The lowest BCUT2D eigenvalue weighted by Crippen LogP contribution is -2.32. The molecule has 0 amide bonds. The van der Waals surface area contributed by atoms with E-state index in [1.807, 2.05) is 0 Å². The highest BCUT2D eigenvalue weighted by Crippen LogP contribution is 2.44. The maximum absolute atomic E-state index is 12.6. The summed E-state index contributed by atoms with van der Waals surface area (Å²) in [5.41, 5.74) is 1.24. The van der Waals surface area contributed by atoms with E-state index in [0.29, 0.717) is 29.4 Å².